The van der Waals surface area contributed by atoms with Gasteiger partial charge >= 0.3 is 0 Å². The number of hydrogen-bond donors (Lipinski definition) is 0. The van der Waals surface area contributed by atoms with E-state index in [1.807, 2.05) is 34.9 Å². The van der Waals surface area contributed by atoms with Crippen LogP contribution in [0, 0.1) is 0 Å². The molecule has 0 radical (unpaired) electrons. The van der Waals surface area contributed by atoms with E-state index >= 15 is 0 Å². The summed E-state index contributed by atoms with van der Waals surface area (Å²) in [6.45, 7) is 0. The highest BCUT2D eigenvalue weighted by atomic mass is 35.5. The van der Waals surface area contributed by atoms with E-state index in [0.717, 1.165) is 11.0 Å². The lowest BCUT2D eigenvalue weighted by atomic mass is 10.3. The Labute approximate surface area is 96.5 Å². The monoisotopic (exact) mass is 232 g/mol. The predicted octanol–water partition coefficient (Wildman–Crippen LogP) is 2.44. The second-order valence-corrected chi connectivity index (χ2v) is 4.20. The van der Waals surface area contributed by atoms with E-state index in [-0.39, 0.29) is 5.56 Å². The van der Waals surface area contributed by atoms with E-state index in [0.29, 0.717) is 10.5 Å². The van der Waals surface area contributed by atoms with Crippen LogP contribution >= 0.6 is 11.6 Å². The van der Waals surface area contributed by atoms with Crippen LogP contribution in [0.2, 0.25) is 5.02 Å². The van der Waals surface area contributed by atoms with Gasteiger partial charge in [0.2, 0.25) is 0 Å². The van der Waals surface area contributed by atoms with Crippen LogP contribution in [0.15, 0.2) is 41.3 Å². The lowest BCUT2D eigenvalue weighted by Crippen LogP contribution is -2.19. The Balaban J connectivity index is 2.72. The average molecular weight is 233 g/mol. The third-order valence-electron chi connectivity index (χ3n) is 2.83. The Morgan fingerprint density at radius 2 is 1.94 bits per heavy atom. The minimum atomic E-state index is -0.000164. The van der Waals surface area contributed by atoms with Gasteiger partial charge in [0.05, 0.1) is 11.0 Å². The maximum Gasteiger partial charge on any atom is 0.275 e. The summed E-state index contributed by atoms with van der Waals surface area (Å²) in [6.07, 6.45) is 1.87. The third-order valence-corrected chi connectivity index (χ3v) is 3.07. The van der Waals surface area contributed by atoms with Crippen molar-refractivity contribution in [2.24, 2.45) is 7.05 Å². The molecular formula is C12H9ClN2O. The summed E-state index contributed by atoms with van der Waals surface area (Å²) in [5.74, 6) is 0. The summed E-state index contributed by atoms with van der Waals surface area (Å²) in [4.78, 5) is 12.0. The first-order valence-corrected chi connectivity index (χ1v) is 5.31. The standard InChI is InChI=1S/C12H9ClN2O/c1-14-9-5-4-8(13)7-11(9)15-6-2-3-10(15)12(14)16/h2-7H,1H3. The molecule has 0 fully saturated rings. The van der Waals surface area contributed by atoms with Crippen LogP contribution in [0.25, 0.3) is 16.6 Å². The number of halogens is 1. The van der Waals surface area contributed by atoms with Gasteiger partial charge in [0, 0.05) is 18.3 Å². The Morgan fingerprint density at radius 1 is 1.12 bits per heavy atom. The molecular weight excluding hydrogens is 224 g/mol. The number of rotatable bonds is 0. The van der Waals surface area contributed by atoms with Gasteiger partial charge in [-0.25, -0.2) is 0 Å². The van der Waals surface area contributed by atoms with Crippen LogP contribution in [0.3, 0.4) is 0 Å². The van der Waals surface area contributed by atoms with Gasteiger partial charge in [0.15, 0.2) is 0 Å². The lowest BCUT2D eigenvalue weighted by Gasteiger charge is -2.08. The third kappa shape index (κ3) is 1.12. The Bertz CT molecular complexity index is 755. The molecule has 3 rings (SSSR count). The molecule has 0 atom stereocenters. The maximum absolute atomic E-state index is 12.0. The van der Waals surface area contributed by atoms with Crippen molar-refractivity contribution in [1.82, 2.24) is 8.97 Å². The molecule has 0 amide bonds. The number of nitrogens with zero attached hydrogens (tertiary/aromatic N) is 2. The molecule has 0 saturated carbocycles. The average Bonchev–Trinajstić information content (AvgIpc) is 2.75. The quantitative estimate of drug-likeness (QED) is 0.585. The largest absolute Gasteiger partial charge is 0.310 e. The maximum atomic E-state index is 12.0. The van der Waals surface area contributed by atoms with E-state index in [9.17, 15) is 4.79 Å². The van der Waals surface area contributed by atoms with Crippen molar-refractivity contribution in [2.45, 2.75) is 0 Å². The highest BCUT2D eigenvalue weighted by Gasteiger charge is 2.07. The molecule has 0 aliphatic heterocycles. The molecule has 0 unspecified atom stereocenters. The molecule has 3 aromatic rings. The van der Waals surface area contributed by atoms with E-state index in [2.05, 4.69) is 0 Å². The summed E-state index contributed by atoms with van der Waals surface area (Å²) in [5, 5.41) is 0.668. The number of hydrogen-bond acceptors (Lipinski definition) is 1. The molecule has 16 heavy (non-hydrogen) atoms. The van der Waals surface area contributed by atoms with Crippen LogP contribution in [0.1, 0.15) is 0 Å². The molecule has 0 aliphatic carbocycles. The normalized spacial score (nSPS) is 11.4. The summed E-state index contributed by atoms with van der Waals surface area (Å²) < 4.78 is 3.50. The van der Waals surface area contributed by atoms with Gasteiger partial charge in [-0.1, -0.05) is 11.6 Å². The Hall–Kier alpha value is -1.74. The topological polar surface area (TPSA) is 26.4 Å². The first-order chi connectivity index (χ1) is 7.68. The number of fused-ring (bicyclic) bond motifs is 3. The second kappa shape index (κ2) is 3.12. The van der Waals surface area contributed by atoms with Crippen LogP contribution in [0.5, 0.6) is 0 Å². The molecule has 0 spiro atoms. The van der Waals surface area contributed by atoms with E-state index in [1.54, 1.807) is 17.7 Å². The van der Waals surface area contributed by atoms with Crippen molar-refractivity contribution in [2.75, 3.05) is 0 Å². The van der Waals surface area contributed by atoms with Gasteiger partial charge in [0.25, 0.3) is 5.56 Å². The number of aromatic nitrogens is 2. The van der Waals surface area contributed by atoms with Crippen LogP contribution in [0.4, 0.5) is 0 Å². The van der Waals surface area contributed by atoms with Crippen LogP contribution in [-0.2, 0) is 7.05 Å². The van der Waals surface area contributed by atoms with Crippen LogP contribution in [-0.4, -0.2) is 8.97 Å². The van der Waals surface area contributed by atoms with Gasteiger partial charge in [-0.3, -0.25) is 4.79 Å². The zero-order valence-corrected chi connectivity index (χ0v) is 9.40. The molecule has 2 aromatic heterocycles. The first-order valence-electron chi connectivity index (χ1n) is 4.94. The van der Waals surface area contributed by atoms with Crippen molar-refractivity contribution in [3.8, 4) is 0 Å². The first kappa shape index (κ1) is 9.48. The zero-order chi connectivity index (χ0) is 11.3. The van der Waals surface area contributed by atoms with Gasteiger partial charge in [0.1, 0.15) is 5.52 Å². The van der Waals surface area contributed by atoms with Gasteiger partial charge in [-0.15, -0.1) is 0 Å². The molecule has 80 valence electrons. The number of aryl methyl sites for hydroxylation is 1. The smallest absolute Gasteiger partial charge is 0.275 e. The lowest BCUT2D eigenvalue weighted by molar-refractivity contribution is 0.900. The zero-order valence-electron chi connectivity index (χ0n) is 8.64. The molecule has 3 nitrogen and oxygen atoms in total. The van der Waals surface area contributed by atoms with Crippen molar-refractivity contribution >= 4 is 28.2 Å². The van der Waals surface area contributed by atoms with Gasteiger partial charge in [-0.2, -0.15) is 0 Å². The molecule has 0 N–H and O–H groups in total. The van der Waals surface area contributed by atoms with Gasteiger partial charge in [-0.05, 0) is 30.3 Å². The van der Waals surface area contributed by atoms with E-state index in [1.165, 1.54) is 0 Å². The predicted molar refractivity (Wildman–Crippen MR) is 65.2 cm³/mol. The van der Waals surface area contributed by atoms with Crippen molar-refractivity contribution in [3.05, 3.63) is 51.9 Å². The van der Waals surface area contributed by atoms with E-state index in [4.69, 9.17) is 11.6 Å². The Kier molecular flexibility index (Phi) is 1.85. The summed E-state index contributed by atoms with van der Waals surface area (Å²) in [7, 11) is 1.77. The fourth-order valence-corrected chi connectivity index (χ4v) is 2.19. The summed E-state index contributed by atoms with van der Waals surface area (Å²) >= 11 is 5.98. The molecule has 0 saturated heterocycles. The minimum absolute atomic E-state index is 0.000164. The summed E-state index contributed by atoms with van der Waals surface area (Å²) in [5.41, 5.74) is 2.48. The SMILES string of the molecule is Cn1c(=O)c2cccn2c2cc(Cl)ccc21. The second-order valence-electron chi connectivity index (χ2n) is 3.76. The van der Waals surface area contributed by atoms with Crippen molar-refractivity contribution in [1.29, 1.82) is 0 Å². The van der Waals surface area contributed by atoms with Crippen molar-refractivity contribution in [3.63, 3.8) is 0 Å². The molecule has 4 heteroatoms. The molecule has 1 aromatic carbocycles. The minimum Gasteiger partial charge on any atom is -0.310 e. The fourth-order valence-electron chi connectivity index (χ4n) is 2.02. The molecule has 2 heterocycles. The summed E-state index contributed by atoms with van der Waals surface area (Å²) in [6, 6.07) is 9.18. The van der Waals surface area contributed by atoms with Gasteiger partial charge < -0.3 is 8.97 Å². The van der Waals surface area contributed by atoms with Crippen LogP contribution < -0.4 is 5.56 Å². The number of benzene rings is 1. The Morgan fingerprint density at radius 3 is 2.75 bits per heavy atom. The molecule has 0 bridgehead atoms. The highest BCUT2D eigenvalue weighted by Crippen LogP contribution is 2.19. The highest BCUT2D eigenvalue weighted by molar-refractivity contribution is 6.31. The van der Waals surface area contributed by atoms with E-state index < -0.39 is 0 Å². The van der Waals surface area contributed by atoms with Crippen molar-refractivity contribution < 1.29 is 0 Å². The molecule has 0 aliphatic rings. The fraction of sp³-hybridized carbons (Fsp3) is 0.0833.